The Bertz CT molecular complexity index is 831. The highest BCUT2D eigenvalue weighted by molar-refractivity contribution is 7.91. The lowest BCUT2D eigenvalue weighted by molar-refractivity contribution is -0.127. The van der Waals surface area contributed by atoms with Crippen molar-refractivity contribution in [2.45, 2.75) is 25.5 Å². The molecule has 0 unspecified atom stereocenters. The summed E-state index contributed by atoms with van der Waals surface area (Å²) in [6.45, 7) is 1.66. The molecule has 5 nitrogen and oxygen atoms in total. The Balaban J connectivity index is 1.63. The van der Waals surface area contributed by atoms with Crippen LogP contribution in [0.4, 0.5) is 0 Å². The predicted octanol–water partition coefficient (Wildman–Crippen LogP) is 1.91. The van der Waals surface area contributed by atoms with Gasteiger partial charge in [0.25, 0.3) is 5.91 Å². The first-order valence-electron chi connectivity index (χ1n) is 7.59. The second-order valence-electron chi connectivity index (χ2n) is 5.88. The standard InChI is InChI=1S/C17H19NO4S/c1-12(17(19)18-15-8-9-23(20,21)11-15)22-16-7-6-13-4-2-3-5-14(13)10-16/h2-7,10,12,15H,8-9,11H2,1H3,(H,18,19)/t12-,15-/m0/s1. The zero-order valence-electron chi connectivity index (χ0n) is 12.9. The van der Waals surface area contributed by atoms with Gasteiger partial charge in [-0.25, -0.2) is 8.42 Å². The SMILES string of the molecule is C[C@H](Oc1ccc2ccccc2c1)C(=O)N[C@H]1CCS(=O)(=O)C1. The highest BCUT2D eigenvalue weighted by Gasteiger charge is 2.30. The molecule has 2 aromatic carbocycles. The molecule has 0 aliphatic carbocycles. The Morgan fingerprint density at radius 2 is 1.96 bits per heavy atom. The fourth-order valence-corrected chi connectivity index (χ4v) is 4.40. The number of hydrogen-bond donors (Lipinski definition) is 1. The zero-order chi connectivity index (χ0) is 16.4. The lowest BCUT2D eigenvalue weighted by Crippen LogP contribution is -2.43. The minimum atomic E-state index is -3.01. The molecule has 3 rings (SSSR count). The maximum atomic E-state index is 12.1. The summed E-state index contributed by atoms with van der Waals surface area (Å²) in [6, 6.07) is 13.3. The van der Waals surface area contributed by atoms with E-state index in [0.717, 1.165) is 10.8 Å². The van der Waals surface area contributed by atoms with Gasteiger partial charge in [0.1, 0.15) is 5.75 Å². The summed E-state index contributed by atoms with van der Waals surface area (Å²) in [6.07, 6.45) is -0.212. The highest BCUT2D eigenvalue weighted by Crippen LogP contribution is 2.21. The van der Waals surface area contributed by atoms with Crippen molar-refractivity contribution in [3.05, 3.63) is 42.5 Å². The summed E-state index contributed by atoms with van der Waals surface area (Å²) < 4.78 is 28.5. The smallest absolute Gasteiger partial charge is 0.261 e. The van der Waals surface area contributed by atoms with Gasteiger partial charge in [-0.15, -0.1) is 0 Å². The molecule has 0 radical (unpaired) electrons. The molecule has 0 spiro atoms. The average molecular weight is 333 g/mol. The first kappa shape index (κ1) is 15.8. The van der Waals surface area contributed by atoms with Crippen molar-refractivity contribution in [2.24, 2.45) is 0 Å². The molecule has 1 aliphatic heterocycles. The number of benzene rings is 2. The molecule has 0 saturated carbocycles. The van der Waals surface area contributed by atoms with Crippen LogP contribution < -0.4 is 10.1 Å². The van der Waals surface area contributed by atoms with Gasteiger partial charge in [-0.05, 0) is 36.2 Å². The van der Waals surface area contributed by atoms with Crippen molar-refractivity contribution in [2.75, 3.05) is 11.5 Å². The third-order valence-corrected chi connectivity index (χ3v) is 5.75. The molecule has 1 amide bonds. The van der Waals surface area contributed by atoms with Gasteiger partial charge >= 0.3 is 0 Å². The van der Waals surface area contributed by atoms with Crippen LogP contribution in [0.3, 0.4) is 0 Å². The molecule has 1 saturated heterocycles. The van der Waals surface area contributed by atoms with E-state index >= 15 is 0 Å². The van der Waals surface area contributed by atoms with E-state index in [2.05, 4.69) is 5.32 Å². The molecule has 23 heavy (non-hydrogen) atoms. The second kappa shape index (κ2) is 6.20. The van der Waals surface area contributed by atoms with Crippen LogP contribution >= 0.6 is 0 Å². The van der Waals surface area contributed by atoms with Crippen LogP contribution in [0.1, 0.15) is 13.3 Å². The van der Waals surface area contributed by atoms with E-state index < -0.39 is 15.9 Å². The third-order valence-electron chi connectivity index (χ3n) is 3.98. The Morgan fingerprint density at radius 3 is 2.65 bits per heavy atom. The van der Waals surface area contributed by atoms with E-state index in [1.807, 2.05) is 42.5 Å². The van der Waals surface area contributed by atoms with Gasteiger partial charge in [0.05, 0.1) is 11.5 Å². The highest BCUT2D eigenvalue weighted by atomic mass is 32.2. The topological polar surface area (TPSA) is 72.5 Å². The van der Waals surface area contributed by atoms with Crippen LogP contribution in [0.5, 0.6) is 5.75 Å². The van der Waals surface area contributed by atoms with E-state index in [0.29, 0.717) is 12.2 Å². The number of amides is 1. The van der Waals surface area contributed by atoms with E-state index in [-0.39, 0.29) is 23.5 Å². The molecule has 122 valence electrons. The van der Waals surface area contributed by atoms with E-state index in [9.17, 15) is 13.2 Å². The molecule has 2 atom stereocenters. The van der Waals surface area contributed by atoms with Gasteiger partial charge in [-0.2, -0.15) is 0 Å². The van der Waals surface area contributed by atoms with Crippen molar-refractivity contribution in [1.29, 1.82) is 0 Å². The van der Waals surface area contributed by atoms with E-state index in [1.54, 1.807) is 6.92 Å². The first-order chi connectivity index (χ1) is 10.9. The summed E-state index contributed by atoms with van der Waals surface area (Å²) in [5.74, 6) is 0.477. The van der Waals surface area contributed by atoms with Crippen LogP contribution in [0.25, 0.3) is 10.8 Å². The van der Waals surface area contributed by atoms with E-state index in [1.165, 1.54) is 0 Å². The number of ether oxygens (including phenoxy) is 1. The minimum absolute atomic E-state index is 0.0153. The molecule has 0 aromatic heterocycles. The lowest BCUT2D eigenvalue weighted by atomic mass is 10.1. The molecule has 1 aliphatic rings. The number of carbonyl (C=O) groups excluding carboxylic acids is 1. The second-order valence-corrected chi connectivity index (χ2v) is 8.11. The van der Waals surface area contributed by atoms with Crippen molar-refractivity contribution in [1.82, 2.24) is 5.32 Å². The van der Waals surface area contributed by atoms with Crippen molar-refractivity contribution < 1.29 is 17.9 Å². The molecule has 2 aromatic rings. The first-order valence-corrected chi connectivity index (χ1v) is 9.41. The number of fused-ring (bicyclic) bond motifs is 1. The maximum Gasteiger partial charge on any atom is 0.261 e. The lowest BCUT2D eigenvalue weighted by Gasteiger charge is -2.17. The predicted molar refractivity (Wildman–Crippen MR) is 89.2 cm³/mol. The molecule has 1 heterocycles. The number of carbonyl (C=O) groups is 1. The molecule has 1 N–H and O–H groups in total. The maximum absolute atomic E-state index is 12.1. The summed E-state index contributed by atoms with van der Waals surface area (Å²) in [5.41, 5.74) is 0. The van der Waals surface area contributed by atoms with Gasteiger partial charge in [-0.1, -0.05) is 30.3 Å². The Hall–Kier alpha value is -2.08. The van der Waals surface area contributed by atoms with Crippen molar-refractivity contribution in [3.63, 3.8) is 0 Å². The normalized spacial score (nSPS) is 21.0. The number of sulfone groups is 1. The fourth-order valence-electron chi connectivity index (χ4n) is 2.73. The van der Waals surface area contributed by atoms with Crippen LogP contribution in [0, 0.1) is 0 Å². The molecule has 0 bridgehead atoms. The van der Waals surface area contributed by atoms with Crippen LogP contribution in [0.2, 0.25) is 0 Å². The van der Waals surface area contributed by atoms with E-state index in [4.69, 9.17) is 4.74 Å². The van der Waals surface area contributed by atoms with Crippen LogP contribution in [-0.2, 0) is 14.6 Å². The van der Waals surface area contributed by atoms with Crippen molar-refractivity contribution >= 4 is 26.5 Å². The van der Waals surface area contributed by atoms with Gasteiger partial charge in [0.2, 0.25) is 0 Å². The summed E-state index contributed by atoms with van der Waals surface area (Å²) in [7, 11) is -3.01. The molecular formula is C17H19NO4S. The van der Waals surface area contributed by atoms with Gasteiger partial charge < -0.3 is 10.1 Å². The number of nitrogens with one attached hydrogen (secondary N) is 1. The summed E-state index contributed by atoms with van der Waals surface area (Å²) in [5, 5.41) is 4.89. The largest absolute Gasteiger partial charge is 0.481 e. The van der Waals surface area contributed by atoms with Crippen molar-refractivity contribution in [3.8, 4) is 5.75 Å². The fraction of sp³-hybridized carbons (Fsp3) is 0.353. The van der Waals surface area contributed by atoms with Gasteiger partial charge in [0.15, 0.2) is 15.9 Å². The Morgan fingerprint density at radius 1 is 1.22 bits per heavy atom. The quantitative estimate of drug-likeness (QED) is 0.928. The number of rotatable bonds is 4. The van der Waals surface area contributed by atoms with Crippen LogP contribution in [-0.4, -0.2) is 38.0 Å². The monoisotopic (exact) mass is 333 g/mol. The van der Waals surface area contributed by atoms with Gasteiger partial charge in [-0.3, -0.25) is 4.79 Å². The minimum Gasteiger partial charge on any atom is -0.481 e. The number of hydrogen-bond acceptors (Lipinski definition) is 4. The zero-order valence-corrected chi connectivity index (χ0v) is 13.7. The molecule has 6 heteroatoms. The summed E-state index contributed by atoms with van der Waals surface area (Å²) >= 11 is 0. The summed E-state index contributed by atoms with van der Waals surface area (Å²) in [4.78, 5) is 12.1. The van der Waals surface area contributed by atoms with Crippen LogP contribution in [0.15, 0.2) is 42.5 Å². The Kier molecular flexibility index (Phi) is 4.26. The molecule has 1 fully saturated rings. The third kappa shape index (κ3) is 3.82. The molecular weight excluding hydrogens is 314 g/mol. The Labute approximate surface area is 135 Å². The van der Waals surface area contributed by atoms with Gasteiger partial charge in [0, 0.05) is 6.04 Å². The average Bonchev–Trinajstić information content (AvgIpc) is 2.86.